The molecule has 0 saturated heterocycles. The monoisotopic (exact) mass is 181 g/mol. The highest BCUT2D eigenvalue weighted by Gasteiger charge is 2.22. The fraction of sp³-hybridized carbons (Fsp3) is 0.444. The Morgan fingerprint density at radius 3 is 2.38 bits per heavy atom. The smallest absolute Gasteiger partial charge is 0.253 e. The van der Waals surface area contributed by atoms with Gasteiger partial charge in [0.25, 0.3) is 11.8 Å². The van der Waals surface area contributed by atoms with Gasteiger partial charge in [0.2, 0.25) is 0 Å². The molecule has 4 heteroatoms. The van der Waals surface area contributed by atoms with Gasteiger partial charge in [0.1, 0.15) is 6.29 Å². The predicted molar refractivity (Wildman–Crippen MR) is 45.7 cm³/mol. The van der Waals surface area contributed by atoms with Crippen LogP contribution in [0.25, 0.3) is 0 Å². The van der Waals surface area contributed by atoms with Crippen molar-refractivity contribution in [1.82, 2.24) is 4.90 Å². The maximum atomic E-state index is 11.0. The first-order valence-electron chi connectivity index (χ1n) is 4.14. The molecule has 70 valence electrons. The molecule has 1 aliphatic heterocycles. The molecular formula is C9H11NO3. The van der Waals surface area contributed by atoms with E-state index in [2.05, 4.69) is 0 Å². The molecule has 0 fully saturated rings. The Morgan fingerprint density at radius 2 is 1.92 bits per heavy atom. The number of nitrogens with zero attached hydrogens (tertiary/aromatic N) is 1. The molecule has 4 nitrogen and oxygen atoms in total. The second kappa shape index (κ2) is 3.98. The van der Waals surface area contributed by atoms with E-state index in [1.807, 2.05) is 0 Å². The lowest BCUT2D eigenvalue weighted by Crippen LogP contribution is -2.31. The van der Waals surface area contributed by atoms with Crippen molar-refractivity contribution in [3.8, 4) is 0 Å². The number of imide groups is 1. The molecule has 1 rings (SSSR count). The summed E-state index contributed by atoms with van der Waals surface area (Å²) in [5.41, 5.74) is 0. The van der Waals surface area contributed by atoms with Crippen molar-refractivity contribution in [2.75, 3.05) is 6.54 Å². The van der Waals surface area contributed by atoms with Crippen LogP contribution < -0.4 is 0 Å². The minimum absolute atomic E-state index is 0.110. The Morgan fingerprint density at radius 1 is 1.38 bits per heavy atom. The van der Waals surface area contributed by atoms with Crippen molar-refractivity contribution in [2.24, 2.45) is 5.92 Å². The molecule has 1 unspecified atom stereocenters. The Kier molecular flexibility index (Phi) is 2.95. The molecule has 0 aromatic rings. The van der Waals surface area contributed by atoms with Gasteiger partial charge < -0.3 is 4.79 Å². The van der Waals surface area contributed by atoms with Crippen LogP contribution in [0.1, 0.15) is 13.3 Å². The van der Waals surface area contributed by atoms with Gasteiger partial charge in [-0.15, -0.1) is 0 Å². The van der Waals surface area contributed by atoms with E-state index in [0.29, 0.717) is 13.0 Å². The zero-order valence-corrected chi connectivity index (χ0v) is 7.40. The van der Waals surface area contributed by atoms with Crippen molar-refractivity contribution in [2.45, 2.75) is 13.3 Å². The maximum absolute atomic E-state index is 11.0. The van der Waals surface area contributed by atoms with Crippen LogP contribution in [0.3, 0.4) is 0 Å². The SMILES string of the molecule is CC(C=O)CCN1C(=O)C=CC1=O. The van der Waals surface area contributed by atoms with E-state index in [4.69, 9.17) is 0 Å². The summed E-state index contributed by atoms with van der Waals surface area (Å²) in [7, 11) is 0. The van der Waals surface area contributed by atoms with E-state index in [9.17, 15) is 14.4 Å². The number of carbonyl (C=O) groups excluding carboxylic acids is 3. The summed E-state index contributed by atoms with van der Waals surface area (Å²) in [5.74, 6) is -0.688. The molecule has 0 saturated carbocycles. The van der Waals surface area contributed by atoms with Crippen LogP contribution in [0, 0.1) is 5.92 Å². The summed E-state index contributed by atoms with van der Waals surface area (Å²) >= 11 is 0. The standard InChI is InChI=1S/C9H11NO3/c1-7(6-11)4-5-10-8(12)2-3-9(10)13/h2-3,6-7H,4-5H2,1H3. The van der Waals surface area contributed by atoms with E-state index >= 15 is 0 Å². The molecular weight excluding hydrogens is 170 g/mol. The van der Waals surface area contributed by atoms with Crippen molar-refractivity contribution < 1.29 is 14.4 Å². The van der Waals surface area contributed by atoms with Crippen LogP contribution in [0.4, 0.5) is 0 Å². The van der Waals surface area contributed by atoms with Crippen LogP contribution in [0.2, 0.25) is 0 Å². The van der Waals surface area contributed by atoms with Gasteiger partial charge in [-0.05, 0) is 6.42 Å². The molecule has 1 atom stereocenters. The minimum atomic E-state index is -0.289. The first kappa shape index (κ1) is 9.64. The van der Waals surface area contributed by atoms with Crippen LogP contribution in [0.15, 0.2) is 12.2 Å². The Bertz CT molecular complexity index is 252. The van der Waals surface area contributed by atoms with Crippen LogP contribution in [-0.2, 0) is 14.4 Å². The highest BCUT2D eigenvalue weighted by atomic mass is 16.2. The Balaban J connectivity index is 2.42. The molecule has 0 aromatic heterocycles. The van der Waals surface area contributed by atoms with Gasteiger partial charge in [-0.25, -0.2) is 0 Å². The summed E-state index contributed by atoms with van der Waals surface area (Å²) in [6.07, 6.45) is 3.84. The highest BCUT2D eigenvalue weighted by Crippen LogP contribution is 2.07. The quantitative estimate of drug-likeness (QED) is 0.457. The fourth-order valence-electron chi connectivity index (χ4n) is 1.05. The van der Waals surface area contributed by atoms with E-state index in [-0.39, 0.29) is 17.7 Å². The number of amides is 2. The lowest BCUT2D eigenvalue weighted by atomic mass is 10.1. The molecule has 2 amide bonds. The van der Waals surface area contributed by atoms with Gasteiger partial charge in [0.15, 0.2) is 0 Å². The van der Waals surface area contributed by atoms with E-state index in [0.717, 1.165) is 11.2 Å². The van der Waals surface area contributed by atoms with Crippen molar-refractivity contribution in [3.63, 3.8) is 0 Å². The molecule has 0 radical (unpaired) electrons. The predicted octanol–water partition coefficient (Wildman–Crippen LogP) is 0.137. The second-order valence-corrected chi connectivity index (χ2v) is 3.06. The second-order valence-electron chi connectivity index (χ2n) is 3.06. The fourth-order valence-corrected chi connectivity index (χ4v) is 1.05. The Hall–Kier alpha value is -1.45. The zero-order valence-electron chi connectivity index (χ0n) is 7.40. The molecule has 1 aliphatic rings. The summed E-state index contributed by atoms with van der Waals surface area (Å²) in [4.78, 5) is 33.4. The molecule has 0 spiro atoms. The lowest BCUT2D eigenvalue weighted by molar-refractivity contribution is -0.137. The molecule has 0 bridgehead atoms. The molecule has 13 heavy (non-hydrogen) atoms. The summed E-state index contributed by atoms with van der Waals surface area (Å²) in [6, 6.07) is 0. The van der Waals surface area contributed by atoms with Crippen LogP contribution in [-0.4, -0.2) is 29.5 Å². The summed E-state index contributed by atoms with van der Waals surface area (Å²) in [6.45, 7) is 2.08. The molecule has 0 N–H and O–H groups in total. The zero-order chi connectivity index (χ0) is 9.84. The maximum Gasteiger partial charge on any atom is 0.253 e. The van der Waals surface area contributed by atoms with Crippen molar-refractivity contribution in [3.05, 3.63) is 12.2 Å². The first-order chi connectivity index (χ1) is 6.15. The highest BCUT2D eigenvalue weighted by molar-refractivity contribution is 6.12. The third-order valence-electron chi connectivity index (χ3n) is 1.94. The van der Waals surface area contributed by atoms with E-state index < -0.39 is 0 Å². The number of aldehydes is 1. The van der Waals surface area contributed by atoms with Gasteiger partial charge in [-0.3, -0.25) is 14.5 Å². The van der Waals surface area contributed by atoms with Gasteiger partial charge in [0.05, 0.1) is 0 Å². The van der Waals surface area contributed by atoms with Gasteiger partial charge in [-0.2, -0.15) is 0 Å². The summed E-state index contributed by atoms with van der Waals surface area (Å²) in [5, 5.41) is 0. The van der Waals surface area contributed by atoms with Crippen molar-refractivity contribution in [1.29, 1.82) is 0 Å². The lowest BCUT2D eigenvalue weighted by Gasteiger charge is -2.13. The number of hydrogen-bond acceptors (Lipinski definition) is 3. The normalized spacial score (nSPS) is 18.1. The number of carbonyl (C=O) groups is 3. The first-order valence-corrected chi connectivity index (χ1v) is 4.14. The average molecular weight is 181 g/mol. The number of rotatable bonds is 4. The van der Waals surface area contributed by atoms with Crippen LogP contribution in [0.5, 0.6) is 0 Å². The molecule has 0 aliphatic carbocycles. The average Bonchev–Trinajstić information content (AvgIpc) is 2.43. The van der Waals surface area contributed by atoms with Crippen LogP contribution >= 0.6 is 0 Å². The topological polar surface area (TPSA) is 54.5 Å². The van der Waals surface area contributed by atoms with Gasteiger partial charge in [0, 0.05) is 24.6 Å². The third kappa shape index (κ3) is 2.24. The van der Waals surface area contributed by atoms with Gasteiger partial charge >= 0.3 is 0 Å². The van der Waals surface area contributed by atoms with Gasteiger partial charge in [-0.1, -0.05) is 6.92 Å². The largest absolute Gasteiger partial charge is 0.303 e. The summed E-state index contributed by atoms with van der Waals surface area (Å²) < 4.78 is 0. The molecule has 1 heterocycles. The third-order valence-corrected chi connectivity index (χ3v) is 1.94. The minimum Gasteiger partial charge on any atom is -0.303 e. The Labute approximate surface area is 76.2 Å². The van der Waals surface area contributed by atoms with Crippen molar-refractivity contribution >= 4 is 18.1 Å². The number of hydrogen-bond donors (Lipinski definition) is 0. The van der Waals surface area contributed by atoms with E-state index in [1.54, 1.807) is 6.92 Å². The van der Waals surface area contributed by atoms with E-state index in [1.165, 1.54) is 12.2 Å². The molecule has 0 aromatic carbocycles.